The van der Waals surface area contributed by atoms with Crippen molar-refractivity contribution in [2.24, 2.45) is 5.92 Å². The molecule has 124 valence electrons. The molecule has 1 N–H and O–H groups in total. The molecule has 0 saturated carbocycles. The third kappa shape index (κ3) is 4.18. The maximum absolute atomic E-state index is 13.3. The highest BCUT2D eigenvalue weighted by Crippen LogP contribution is 2.24. The molecule has 1 aliphatic rings. The van der Waals surface area contributed by atoms with Crippen molar-refractivity contribution in [3.8, 4) is 0 Å². The summed E-state index contributed by atoms with van der Waals surface area (Å²) in [5, 5.41) is 14.4. The van der Waals surface area contributed by atoms with Crippen LogP contribution in [-0.2, 0) is 19.4 Å². The number of nitrogens with zero attached hydrogens (tertiary/aromatic N) is 2. The van der Waals surface area contributed by atoms with Crippen molar-refractivity contribution in [2.45, 2.75) is 38.8 Å². The van der Waals surface area contributed by atoms with Crippen LogP contribution in [0.4, 0.5) is 4.39 Å². The first-order chi connectivity index (χ1) is 11.1. The van der Waals surface area contributed by atoms with E-state index >= 15 is 0 Å². The fourth-order valence-corrected chi connectivity index (χ4v) is 3.21. The van der Waals surface area contributed by atoms with Crippen molar-refractivity contribution < 1.29 is 14.0 Å². The predicted molar refractivity (Wildman–Crippen MR) is 85.4 cm³/mol. The molecule has 1 aromatic heterocycles. The second kappa shape index (κ2) is 7.23. The quantitative estimate of drug-likeness (QED) is 0.921. The smallest absolute Gasteiger partial charge is 0.150 e. The van der Waals surface area contributed by atoms with Crippen molar-refractivity contribution in [2.75, 3.05) is 13.1 Å². The summed E-state index contributed by atoms with van der Waals surface area (Å²) in [6.07, 6.45) is 2.07. The second-order valence-electron chi connectivity index (χ2n) is 6.32. The van der Waals surface area contributed by atoms with E-state index in [9.17, 15) is 9.50 Å². The van der Waals surface area contributed by atoms with Gasteiger partial charge in [0.2, 0.25) is 0 Å². The number of rotatable bonds is 5. The van der Waals surface area contributed by atoms with E-state index in [1.165, 1.54) is 6.07 Å². The molecule has 0 spiro atoms. The van der Waals surface area contributed by atoms with Crippen LogP contribution in [0.1, 0.15) is 30.4 Å². The highest BCUT2D eigenvalue weighted by Gasteiger charge is 2.28. The molecule has 0 bridgehead atoms. The lowest BCUT2D eigenvalue weighted by Gasteiger charge is -2.35. The van der Waals surface area contributed by atoms with E-state index < -0.39 is 6.10 Å². The first kappa shape index (κ1) is 16.1. The van der Waals surface area contributed by atoms with Crippen LogP contribution in [0.5, 0.6) is 0 Å². The van der Waals surface area contributed by atoms with E-state index in [4.69, 9.17) is 4.52 Å². The van der Waals surface area contributed by atoms with Gasteiger partial charge in [0.25, 0.3) is 0 Å². The van der Waals surface area contributed by atoms with E-state index in [-0.39, 0.29) is 11.7 Å². The van der Waals surface area contributed by atoms with Crippen LogP contribution in [0.15, 0.2) is 34.9 Å². The Labute approximate surface area is 135 Å². The molecule has 0 aliphatic carbocycles. The van der Waals surface area contributed by atoms with Gasteiger partial charge in [-0.15, -0.1) is 0 Å². The minimum atomic E-state index is -0.402. The predicted octanol–water partition coefficient (Wildman–Crippen LogP) is 2.80. The van der Waals surface area contributed by atoms with Crippen LogP contribution in [0.2, 0.25) is 0 Å². The molecule has 2 atom stereocenters. The molecule has 0 amide bonds. The van der Waals surface area contributed by atoms with E-state index in [1.807, 2.05) is 19.1 Å². The number of hydrogen-bond acceptors (Lipinski definition) is 4. The fourth-order valence-electron chi connectivity index (χ4n) is 3.21. The third-order valence-corrected chi connectivity index (χ3v) is 4.54. The Balaban J connectivity index is 1.54. The van der Waals surface area contributed by atoms with Crippen LogP contribution in [0.25, 0.3) is 0 Å². The summed E-state index contributed by atoms with van der Waals surface area (Å²) >= 11 is 0. The number of likely N-dealkylation sites (tertiary alicyclic amines) is 1. The van der Waals surface area contributed by atoms with Gasteiger partial charge >= 0.3 is 0 Å². The van der Waals surface area contributed by atoms with Gasteiger partial charge in [0.05, 0.1) is 18.3 Å². The zero-order chi connectivity index (χ0) is 16.2. The fraction of sp³-hybridized carbons (Fsp3) is 0.500. The van der Waals surface area contributed by atoms with Gasteiger partial charge in [-0.25, -0.2) is 4.39 Å². The molecule has 5 heteroatoms. The second-order valence-corrected chi connectivity index (χ2v) is 6.32. The topological polar surface area (TPSA) is 49.5 Å². The van der Waals surface area contributed by atoms with Gasteiger partial charge in [0.1, 0.15) is 5.82 Å². The van der Waals surface area contributed by atoms with Crippen molar-refractivity contribution in [3.63, 3.8) is 0 Å². The van der Waals surface area contributed by atoms with E-state index in [0.29, 0.717) is 13.1 Å². The molecule has 1 fully saturated rings. The highest BCUT2D eigenvalue weighted by atomic mass is 19.1. The molecule has 2 heterocycles. The number of aliphatic hydroxyl groups is 1. The molecule has 0 radical (unpaired) electrons. The summed E-state index contributed by atoms with van der Waals surface area (Å²) in [6, 6.07) is 8.62. The number of aliphatic hydroxyl groups excluding tert-OH is 1. The lowest BCUT2D eigenvalue weighted by molar-refractivity contribution is 0.0157. The molecule has 4 nitrogen and oxygen atoms in total. The zero-order valence-electron chi connectivity index (χ0n) is 13.4. The molecule has 1 saturated heterocycles. The van der Waals surface area contributed by atoms with Crippen LogP contribution in [0, 0.1) is 11.7 Å². The van der Waals surface area contributed by atoms with Gasteiger partial charge in [0, 0.05) is 12.6 Å². The highest BCUT2D eigenvalue weighted by molar-refractivity contribution is 5.17. The molecular weight excluding hydrogens is 295 g/mol. The summed E-state index contributed by atoms with van der Waals surface area (Å²) in [6.45, 7) is 4.24. The Hall–Kier alpha value is -1.72. The summed E-state index contributed by atoms with van der Waals surface area (Å²) < 4.78 is 18.6. The van der Waals surface area contributed by atoms with Gasteiger partial charge in [-0.3, -0.25) is 4.90 Å². The van der Waals surface area contributed by atoms with Crippen molar-refractivity contribution in [1.29, 1.82) is 0 Å². The average Bonchev–Trinajstić information content (AvgIpc) is 2.98. The summed E-state index contributed by atoms with van der Waals surface area (Å²) in [7, 11) is 0. The van der Waals surface area contributed by atoms with E-state index in [1.54, 1.807) is 12.1 Å². The van der Waals surface area contributed by atoms with Crippen molar-refractivity contribution in [1.82, 2.24) is 10.1 Å². The Morgan fingerprint density at radius 2 is 2.26 bits per heavy atom. The van der Waals surface area contributed by atoms with Crippen molar-refractivity contribution >= 4 is 0 Å². The van der Waals surface area contributed by atoms with Crippen LogP contribution in [0.3, 0.4) is 0 Å². The molecule has 1 aromatic carbocycles. The Bertz CT molecular complexity index is 643. The summed E-state index contributed by atoms with van der Waals surface area (Å²) in [5.41, 5.74) is 1.91. The van der Waals surface area contributed by atoms with Gasteiger partial charge in [-0.05, 0) is 49.4 Å². The first-order valence-electron chi connectivity index (χ1n) is 8.23. The zero-order valence-corrected chi connectivity index (χ0v) is 13.4. The van der Waals surface area contributed by atoms with E-state index in [0.717, 1.165) is 42.8 Å². The summed E-state index contributed by atoms with van der Waals surface area (Å²) in [5.74, 6) is 0.804. The Morgan fingerprint density at radius 1 is 1.39 bits per heavy atom. The number of piperidine rings is 1. The SMILES string of the molecule is CCc1cc(CN2CC[C@H](Cc3cccc(F)c3)[C@@H](O)C2)on1. The third-order valence-electron chi connectivity index (χ3n) is 4.54. The van der Waals surface area contributed by atoms with Gasteiger partial charge < -0.3 is 9.63 Å². The average molecular weight is 318 g/mol. The number of aromatic nitrogens is 1. The van der Waals surface area contributed by atoms with Gasteiger partial charge in [0.15, 0.2) is 5.76 Å². The monoisotopic (exact) mass is 318 g/mol. The lowest BCUT2D eigenvalue weighted by atomic mass is 9.88. The van der Waals surface area contributed by atoms with Gasteiger partial charge in [-0.2, -0.15) is 0 Å². The van der Waals surface area contributed by atoms with Crippen LogP contribution in [-0.4, -0.2) is 34.4 Å². The molecule has 3 rings (SSSR count). The van der Waals surface area contributed by atoms with Gasteiger partial charge in [-0.1, -0.05) is 24.2 Å². The largest absolute Gasteiger partial charge is 0.391 e. The molecule has 23 heavy (non-hydrogen) atoms. The number of halogens is 1. The minimum Gasteiger partial charge on any atom is -0.391 e. The van der Waals surface area contributed by atoms with Crippen molar-refractivity contribution in [3.05, 3.63) is 53.2 Å². The summed E-state index contributed by atoms with van der Waals surface area (Å²) in [4.78, 5) is 2.19. The number of β-amino-alcohol motifs (C(OH)–C–C–N with tert-alkyl or cyclic N) is 1. The van der Waals surface area contributed by atoms with E-state index in [2.05, 4.69) is 10.1 Å². The molecular formula is C18H23FN2O2. The van der Waals surface area contributed by atoms with Crippen LogP contribution >= 0.6 is 0 Å². The van der Waals surface area contributed by atoms with Crippen LogP contribution < -0.4 is 0 Å². The first-order valence-corrected chi connectivity index (χ1v) is 8.23. The molecule has 0 unspecified atom stereocenters. The maximum Gasteiger partial charge on any atom is 0.150 e. The molecule has 2 aromatic rings. The Kier molecular flexibility index (Phi) is 5.08. The Morgan fingerprint density at radius 3 is 2.96 bits per heavy atom. The standard InChI is InChI=1S/C18H23FN2O2/c1-2-16-10-17(23-20-16)11-21-7-6-14(18(22)12-21)8-13-4-3-5-15(19)9-13/h3-5,9-10,14,18,22H,2,6-8,11-12H2,1H3/t14-,18+/m1/s1. The number of benzene rings is 1. The lowest BCUT2D eigenvalue weighted by Crippen LogP contribution is -2.44. The number of aryl methyl sites for hydroxylation is 1. The maximum atomic E-state index is 13.3. The molecule has 1 aliphatic heterocycles. The minimum absolute atomic E-state index is 0.175. The number of hydrogen-bond donors (Lipinski definition) is 1. The normalized spacial score (nSPS) is 22.4.